The number of carbonyl (C=O) groups excluding carboxylic acids is 4. The maximum atomic E-state index is 13.6. The van der Waals surface area contributed by atoms with Crippen LogP contribution in [0.1, 0.15) is 16.7 Å². The van der Waals surface area contributed by atoms with E-state index < -0.39 is 17.8 Å². The van der Waals surface area contributed by atoms with Crippen molar-refractivity contribution in [1.29, 1.82) is 0 Å². The van der Waals surface area contributed by atoms with E-state index in [4.69, 9.17) is 4.74 Å². The number of halogens is 1. The largest absolute Gasteiger partial charge is 0.483 e. The smallest absolute Gasteiger partial charge is 0.343 e. The number of para-hydroxylation sites is 2. The Kier molecular flexibility index (Phi) is 8.31. The molecule has 0 bridgehead atoms. The minimum Gasteiger partial charge on any atom is -0.483 e. The van der Waals surface area contributed by atoms with Gasteiger partial charge in [-0.3, -0.25) is 14.4 Å². The molecule has 0 saturated carbocycles. The molecular formula is C33H26BrN3O5. The summed E-state index contributed by atoms with van der Waals surface area (Å²) in [6.07, 6.45) is 1.44. The van der Waals surface area contributed by atoms with Gasteiger partial charge in [-0.2, -0.15) is 0 Å². The summed E-state index contributed by atoms with van der Waals surface area (Å²) >= 11 is 3.46. The number of barbiturate groups is 1. The Balaban J connectivity index is 1.39. The molecule has 1 saturated heterocycles. The predicted octanol–water partition coefficient (Wildman–Crippen LogP) is 6.67. The van der Waals surface area contributed by atoms with E-state index in [1.54, 1.807) is 78.9 Å². The lowest BCUT2D eigenvalue weighted by Gasteiger charge is -2.33. The lowest BCUT2D eigenvalue weighted by atomic mass is 10.0. The summed E-state index contributed by atoms with van der Waals surface area (Å²) in [7, 11) is 0. The van der Waals surface area contributed by atoms with E-state index in [1.165, 1.54) is 6.08 Å². The molecule has 0 spiro atoms. The van der Waals surface area contributed by atoms with Crippen molar-refractivity contribution in [3.63, 3.8) is 0 Å². The zero-order chi connectivity index (χ0) is 29.8. The number of nitrogens with zero attached hydrogens (tertiary/aromatic N) is 2. The van der Waals surface area contributed by atoms with Crippen LogP contribution in [-0.4, -0.2) is 30.4 Å². The highest BCUT2D eigenvalue weighted by Gasteiger charge is 2.43. The van der Waals surface area contributed by atoms with Crippen molar-refractivity contribution < 1.29 is 23.9 Å². The number of rotatable bonds is 7. The molecule has 0 radical (unpaired) electrons. The maximum absolute atomic E-state index is 13.6. The summed E-state index contributed by atoms with van der Waals surface area (Å²) in [6, 6.07) is 26.8. The Labute approximate surface area is 251 Å². The van der Waals surface area contributed by atoms with Crippen LogP contribution < -0.4 is 19.9 Å². The van der Waals surface area contributed by atoms with Gasteiger partial charge in [-0.25, -0.2) is 14.6 Å². The van der Waals surface area contributed by atoms with Crippen molar-refractivity contribution in [1.82, 2.24) is 0 Å². The summed E-state index contributed by atoms with van der Waals surface area (Å²) in [6.45, 7) is 3.69. The third-order valence-corrected chi connectivity index (χ3v) is 7.40. The first kappa shape index (κ1) is 28.5. The van der Waals surface area contributed by atoms with Crippen molar-refractivity contribution in [2.45, 2.75) is 13.8 Å². The second-order valence-corrected chi connectivity index (χ2v) is 10.4. The van der Waals surface area contributed by atoms with Crippen LogP contribution in [-0.2, 0) is 14.4 Å². The van der Waals surface area contributed by atoms with Gasteiger partial charge in [0.2, 0.25) is 0 Å². The van der Waals surface area contributed by atoms with E-state index in [-0.39, 0.29) is 18.1 Å². The number of amides is 5. The summed E-state index contributed by atoms with van der Waals surface area (Å²) in [5.74, 6) is -1.38. The van der Waals surface area contributed by atoms with Crippen molar-refractivity contribution in [3.05, 3.63) is 124 Å². The Morgan fingerprint density at radius 2 is 1.40 bits per heavy atom. The lowest BCUT2D eigenvalue weighted by Crippen LogP contribution is -2.57. The number of imide groups is 2. The second kappa shape index (κ2) is 12.2. The Bertz CT molecular complexity index is 1660. The van der Waals surface area contributed by atoms with E-state index in [2.05, 4.69) is 21.2 Å². The van der Waals surface area contributed by atoms with E-state index >= 15 is 0 Å². The fraction of sp³-hybridized carbons (Fsp3) is 0.0909. The molecule has 1 heterocycles. The molecule has 5 rings (SSSR count). The van der Waals surface area contributed by atoms with Crippen LogP contribution in [0.2, 0.25) is 0 Å². The number of aryl methyl sites for hydroxylation is 1. The quantitative estimate of drug-likeness (QED) is 0.183. The number of nitrogens with one attached hydrogen (secondary N) is 1. The molecular weight excluding hydrogens is 598 g/mol. The molecule has 1 fully saturated rings. The monoisotopic (exact) mass is 623 g/mol. The van der Waals surface area contributed by atoms with Gasteiger partial charge >= 0.3 is 6.03 Å². The zero-order valence-electron chi connectivity index (χ0n) is 22.8. The molecule has 1 aliphatic heterocycles. The fourth-order valence-corrected chi connectivity index (χ4v) is 4.96. The number of hydrogen-bond acceptors (Lipinski definition) is 5. The third-order valence-electron chi connectivity index (χ3n) is 6.78. The number of urea groups is 1. The number of carbonyl (C=O) groups is 4. The van der Waals surface area contributed by atoms with Gasteiger partial charge in [0, 0.05) is 5.69 Å². The molecule has 4 aromatic carbocycles. The van der Waals surface area contributed by atoms with Crippen LogP contribution in [0.5, 0.6) is 5.75 Å². The maximum Gasteiger partial charge on any atom is 0.343 e. The molecule has 1 N–H and O–H groups in total. The second-order valence-electron chi connectivity index (χ2n) is 9.57. The summed E-state index contributed by atoms with van der Waals surface area (Å²) < 4.78 is 6.23. The molecule has 42 heavy (non-hydrogen) atoms. The Hall–Kier alpha value is -5.02. The number of ether oxygens (including phenoxy) is 1. The van der Waals surface area contributed by atoms with Gasteiger partial charge in [0.15, 0.2) is 6.61 Å². The third kappa shape index (κ3) is 5.87. The fourth-order valence-electron chi connectivity index (χ4n) is 4.45. The first-order valence-corrected chi connectivity index (χ1v) is 13.9. The molecule has 9 heteroatoms. The molecule has 0 aromatic heterocycles. The summed E-state index contributed by atoms with van der Waals surface area (Å²) in [5.41, 5.74) is 3.79. The minimum atomic E-state index is -0.761. The molecule has 0 atom stereocenters. The van der Waals surface area contributed by atoms with E-state index in [0.29, 0.717) is 27.2 Å². The van der Waals surface area contributed by atoms with Gasteiger partial charge < -0.3 is 10.1 Å². The SMILES string of the molecule is Cc1cccc(NC(=O)COc2ccc(C=C3C(=O)N(c4ccccc4)C(=O)N(c4ccccc4)C3=O)cc2Br)c1C. The van der Waals surface area contributed by atoms with E-state index in [9.17, 15) is 19.2 Å². The predicted molar refractivity (Wildman–Crippen MR) is 165 cm³/mol. The highest BCUT2D eigenvalue weighted by Crippen LogP contribution is 2.31. The van der Waals surface area contributed by atoms with Gasteiger partial charge in [0.1, 0.15) is 11.3 Å². The molecule has 4 aromatic rings. The molecule has 1 aliphatic rings. The van der Waals surface area contributed by atoms with Crippen molar-refractivity contribution >= 4 is 62.8 Å². The van der Waals surface area contributed by atoms with Gasteiger partial charge in [-0.15, -0.1) is 0 Å². The molecule has 210 valence electrons. The van der Waals surface area contributed by atoms with Crippen LogP contribution in [0.4, 0.5) is 21.9 Å². The molecule has 0 unspecified atom stereocenters. The van der Waals surface area contributed by atoms with Crippen LogP contribution >= 0.6 is 15.9 Å². The first-order chi connectivity index (χ1) is 20.2. The lowest BCUT2D eigenvalue weighted by molar-refractivity contribution is -0.121. The average Bonchev–Trinajstić information content (AvgIpc) is 2.98. The van der Waals surface area contributed by atoms with Crippen LogP contribution in [0, 0.1) is 13.8 Å². The molecule has 5 amide bonds. The summed E-state index contributed by atoms with van der Waals surface area (Å²) in [4.78, 5) is 55.1. The van der Waals surface area contributed by atoms with Gasteiger partial charge in [-0.05, 0) is 95.0 Å². The van der Waals surface area contributed by atoms with Crippen molar-refractivity contribution in [3.8, 4) is 5.75 Å². The summed E-state index contributed by atoms with van der Waals surface area (Å²) in [5, 5.41) is 2.85. The van der Waals surface area contributed by atoms with E-state index in [1.807, 2.05) is 32.0 Å². The Morgan fingerprint density at radius 3 is 1.98 bits per heavy atom. The van der Waals surface area contributed by atoms with Crippen molar-refractivity contribution in [2.75, 3.05) is 21.7 Å². The van der Waals surface area contributed by atoms with Gasteiger partial charge in [-0.1, -0.05) is 54.6 Å². The number of hydrogen-bond donors (Lipinski definition) is 1. The van der Waals surface area contributed by atoms with Crippen LogP contribution in [0.25, 0.3) is 6.08 Å². The van der Waals surface area contributed by atoms with Gasteiger partial charge in [0.25, 0.3) is 17.7 Å². The standard InChI is InChI=1S/C33H26BrN3O5/c1-21-10-9-15-28(22(21)2)35-30(38)20-42-29-17-16-23(19-27(29)34)18-26-31(39)36(24-11-5-3-6-12-24)33(41)37(32(26)40)25-13-7-4-8-14-25/h3-19H,20H2,1-2H3,(H,35,38). The molecule has 8 nitrogen and oxygen atoms in total. The minimum absolute atomic E-state index is 0.184. The van der Waals surface area contributed by atoms with Crippen LogP contribution in [0.3, 0.4) is 0 Å². The van der Waals surface area contributed by atoms with Gasteiger partial charge in [0.05, 0.1) is 15.8 Å². The highest BCUT2D eigenvalue weighted by atomic mass is 79.9. The topological polar surface area (TPSA) is 96.0 Å². The first-order valence-electron chi connectivity index (χ1n) is 13.1. The Morgan fingerprint density at radius 1 is 0.810 bits per heavy atom. The van der Waals surface area contributed by atoms with Crippen molar-refractivity contribution in [2.24, 2.45) is 0 Å². The normalized spacial score (nSPS) is 13.3. The molecule has 0 aliphatic carbocycles. The zero-order valence-corrected chi connectivity index (χ0v) is 24.4. The highest BCUT2D eigenvalue weighted by molar-refractivity contribution is 9.10. The van der Waals surface area contributed by atoms with E-state index in [0.717, 1.165) is 26.6 Å². The average molecular weight is 624 g/mol. The number of anilines is 3. The number of benzene rings is 4. The van der Waals surface area contributed by atoms with Crippen LogP contribution in [0.15, 0.2) is 107 Å².